The smallest absolute Gasteiger partial charge is 0.290 e. The summed E-state index contributed by atoms with van der Waals surface area (Å²) < 4.78 is 5.16. The molecule has 3 rings (SSSR count). The fourth-order valence-electron chi connectivity index (χ4n) is 2.85. The van der Waals surface area contributed by atoms with Gasteiger partial charge in [0.25, 0.3) is 5.91 Å². The van der Waals surface area contributed by atoms with Crippen molar-refractivity contribution in [3.05, 3.63) is 65.6 Å². The first-order valence-corrected chi connectivity index (χ1v) is 8.03. The highest BCUT2D eigenvalue weighted by Crippen LogP contribution is 2.37. The Balaban J connectivity index is 2.04. The van der Waals surface area contributed by atoms with Crippen LogP contribution in [-0.4, -0.2) is 53.9 Å². The van der Waals surface area contributed by atoms with Crippen LogP contribution in [0.15, 0.2) is 58.5 Å². The summed E-state index contributed by atoms with van der Waals surface area (Å²) >= 11 is 0. The number of nitrogens with one attached hydrogen (secondary N) is 1. The highest BCUT2D eigenvalue weighted by atomic mass is 16.3. The van der Waals surface area contributed by atoms with Crippen molar-refractivity contribution in [1.82, 2.24) is 9.88 Å². The molecule has 1 aliphatic heterocycles. The summed E-state index contributed by atoms with van der Waals surface area (Å²) in [7, 11) is 3.94. The predicted octanol–water partition coefficient (Wildman–Crippen LogP) is 0.397. The van der Waals surface area contributed by atoms with Gasteiger partial charge in [-0.05, 0) is 24.3 Å². The molecule has 0 bridgehead atoms. The average molecular weight is 342 g/mol. The molecule has 0 saturated carbocycles. The summed E-state index contributed by atoms with van der Waals surface area (Å²) in [6.45, 7) is 1.06. The van der Waals surface area contributed by atoms with E-state index in [2.05, 4.69) is 4.98 Å². The van der Waals surface area contributed by atoms with Gasteiger partial charge in [-0.25, -0.2) is 0 Å². The quantitative estimate of drug-likeness (QED) is 0.742. The van der Waals surface area contributed by atoms with Crippen molar-refractivity contribution < 1.29 is 24.0 Å². The molecule has 0 aliphatic carbocycles. The number of ketones is 1. The summed E-state index contributed by atoms with van der Waals surface area (Å²) in [5, 5.41) is 10.4. The number of nitrogens with zero attached hydrogens (tertiary/aromatic N) is 2. The Morgan fingerprint density at radius 3 is 2.72 bits per heavy atom. The molecular formula is C18H20N3O4+. The summed E-state index contributed by atoms with van der Waals surface area (Å²) in [4.78, 5) is 32.3. The second kappa shape index (κ2) is 6.90. The number of aliphatic hydroxyl groups excluding tert-OH is 1. The molecule has 0 radical (unpaired) electrons. The topological polar surface area (TPSA) is 88.1 Å². The van der Waals surface area contributed by atoms with Gasteiger partial charge in [0.15, 0.2) is 11.5 Å². The summed E-state index contributed by atoms with van der Waals surface area (Å²) in [5.74, 6) is -1.53. The molecule has 0 spiro atoms. The lowest BCUT2D eigenvalue weighted by molar-refractivity contribution is -0.857. The molecule has 0 unspecified atom stereocenters. The third kappa shape index (κ3) is 3.18. The maximum absolute atomic E-state index is 12.8. The summed E-state index contributed by atoms with van der Waals surface area (Å²) in [6.07, 6.45) is 2.98. The van der Waals surface area contributed by atoms with Gasteiger partial charge in [0, 0.05) is 6.20 Å². The number of hydrogen-bond donors (Lipinski definition) is 2. The number of hydrogen-bond acceptors (Lipinski definition) is 5. The van der Waals surface area contributed by atoms with Crippen molar-refractivity contribution in [1.29, 1.82) is 0 Å². The number of Topliss-reactive ketones (excluding diaryl/α,β-unsaturated/α-hetero) is 1. The molecule has 1 atom stereocenters. The molecule has 130 valence electrons. The van der Waals surface area contributed by atoms with E-state index in [0.717, 1.165) is 4.90 Å². The Hall–Kier alpha value is -2.93. The predicted molar refractivity (Wildman–Crippen MR) is 89.1 cm³/mol. The van der Waals surface area contributed by atoms with Gasteiger partial charge in [0.2, 0.25) is 5.78 Å². The highest BCUT2D eigenvalue weighted by Gasteiger charge is 2.45. The molecule has 2 aromatic rings. The SMILES string of the molecule is C[NH+](C)CCN1C(=O)C(O)=C(C(=O)c2ccco2)[C@@H]1c1ccccn1. The van der Waals surface area contributed by atoms with Gasteiger partial charge in [-0.3, -0.25) is 14.6 Å². The van der Waals surface area contributed by atoms with Crippen molar-refractivity contribution >= 4 is 11.7 Å². The molecule has 7 nitrogen and oxygen atoms in total. The Bertz CT molecular complexity index is 797. The first-order chi connectivity index (χ1) is 12.0. The van der Waals surface area contributed by atoms with Crippen molar-refractivity contribution in [3.8, 4) is 0 Å². The number of aliphatic hydroxyl groups is 1. The third-order valence-electron chi connectivity index (χ3n) is 4.11. The van der Waals surface area contributed by atoms with Crippen LogP contribution in [0.1, 0.15) is 22.3 Å². The molecule has 25 heavy (non-hydrogen) atoms. The van der Waals surface area contributed by atoms with Crippen LogP contribution in [0, 0.1) is 0 Å². The van der Waals surface area contributed by atoms with Crippen LogP contribution in [0.25, 0.3) is 0 Å². The summed E-state index contributed by atoms with van der Waals surface area (Å²) in [5.41, 5.74) is 0.538. The second-order valence-electron chi connectivity index (χ2n) is 6.18. The van der Waals surface area contributed by atoms with E-state index in [1.165, 1.54) is 17.2 Å². The fraction of sp³-hybridized carbons (Fsp3) is 0.278. The molecule has 2 N–H and O–H groups in total. The maximum atomic E-state index is 12.8. The zero-order valence-corrected chi connectivity index (χ0v) is 14.1. The molecule has 0 fully saturated rings. The monoisotopic (exact) mass is 342 g/mol. The van der Waals surface area contributed by atoms with Crippen molar-refractivity contribution in [2.24, 2.45) is 0 Å². The first kappa shape index (κ1) is 16.9. The summed E-state index contributed by atoms with van der Waals surface area (Å²) in [6, 6.07) is 7.64. The van der Waals surface area contributed by atoms with E-state index in [0.29, 0.717) is 18.8 Å². The third-order valence-corrected chi connectivity index (χ3v) is 4.11. The number of aromatic nitrogens is 1. The maximum Gasteiger partial charge on any atom is 0.290 e. The van der Waals surface area contributed by atoms with Crippen molar-refractivity contribution in [3.63, 3.8) is 0 Å². The molecule has 0 saturated heterocycles. The lowest BCUT2D eigenvalue weighted by atomic mass is 9.98. The first-order valence-electron chi connectivity index (χ1n) is 8.03. The zero-order valence-electron chi connectivity index (χ0n) is 14.1. The van der Waals surface area contributed by atoms with Gasteiger partial charge in [0.1, 0.15) is 6.04 Å². The van der Waals surface area contributed by atoms with Crippen LogP contribution in [0.5, 0.6) is 0 Å². The Labute approximate surface area is 145 Å². The lowest BCUT2D eigenvalue weighted by Crippen LogP contribution is -3.06. The van der Waals surface area contributed by atoms with E-state index in [1.54, 1.807) is 30.5 Å². The van der Waals surface area contributed by atoms with Gasteiger partial charge in [-0.1, -0.05) is 6.07 Å². The number of likely N-dealkylation sites (N-methyl/N-ethyl adjacent to an activating group) is 1. The molecule has 0 aromatic carbocycles. The number of carbonyl (C=O) groups excluding carboxylic acids is 2. The Kier molecular flexibility index (Phi) is 4.67. The van der Waals surface area contributed by atoms with Crippen LogP contribution in [-0.2, 0) is 4.79 Å². The van der Waals surface area contributed by atoms with E-state index in [1.807, 2.05) is 14.1 Å². The minimum Gasteiger partial charge on any atom is -0.503 e. The zero-order chi connectivity index (χ0) is 18.0. The second-order valence-corrected chi connectivity index (χ2v) is 6.18. The number of amides is 1. The largest absolute Gasteiger partial charge is 0.503 e. The number of quaternary nitrogens is 1. The number of rotatable bonds is 6. The number of carbonyl (C=O) groups is 2. The van der Waals surface area contributed by atoms with Crippen LogP contribution < -0.4 is 4.90 Å². The van der Waals surface area contributed by atoms with Crippen LogP contribution >= 0.6 is 0 Å². The van der Waals surface area contributed by atoms with Crippen molar-refractivity contribution in [2.45, 2.75) is 6.04 Å². The molecule has 7 heteroatoms. The Morgan fingerprint density at radius 2 is 2.12 bits per heavy atom. The van der Waals surface area contributed by atoms with Crippen LogP contribution in [0.4, 0.5) is 0 Å². The van der Waals surface area contributed by atoms with Crippen LogP contribution in [0.3, 0.4) is 0 Å². The Morgan fingerprint density at radius 1 is 1.32 bits per heavy atom. The minimum atomic E-state index is -0.731. The fourth-order valence-corrected chi connectivity index (χ4v) is 2.85. The van der Waals surface area contributed by atoms with Gasteiger partial charge in [-0.2, -0.15) is 0 Å². The van der Waals surface area contributed by atoms with E-state index in [-0.39, 0.29) is 11.3 Å². The van der Waals surface area contributed by atoms with E-state index in [9.17, 15) is 14.7 Å². The molecule has 3 heterocycles. The van der Waals surface area contributed by atoms with Gasteiger partial charge in [-0.15, -0.1) is 0 Å². The lowest BCUT2D eigenvalue weighted by Gasteiger charge is -2.26. The van der Waals surface area contributed by atoms with E-state index >= 15 is 0 Å². The molecule has 1 aliphatic rings. The number of pyridine rings is 1. The van der Waals surface area contributed by atoms with E-state index in [4.69, 9.17) is 4.42 Å². The highest BCUT2D eigenvalue weighted by molar-refractivity contribution is 6.14. The van der Waals surface area contributed by atoms with Gasteiger partial charge in [0.05, 0.1) is 44.7 Å². The normalized spacial score (nSPS) is 17.6. The molecule has 1 amide bonds. The van der Waals surface area contributed by atoms with Crippen molar-refractivity contribution in [2.75, 3.05) is 27.2 Å². The van der Waals surface area contributed by atoms with Gasteiger partial charge >= 0.3 is 0 Å². The minimum absolute atomic E-state index is 0.00686. The standard InChI is InChI=1S/C18H19N3O4/c1-20(2)9-10-21-15(12-6-3-4-8-19-12)14(17(23)18(21)24)16(22)13-7-5-11-25-13/h3-8,11,15,23H,9-10H2,1-2H3/p+1/t15-/m0/s1. The molecular weight excluding hydrogens is 322 g/mol. The van der Waals surface area contributed by atoms with Crippen LogP contribution in [0.2, 0.25) is 0 Å². The number of furan rings is 1. The molecule has 2 aromatic heterocycles. The van der Waals surface area contributed by atoms with E-state index < -0.39 is 23.5 Å². The van der Waals surface area contributed by atoms with Gasteiger partial charge < -0.3 is 19.3 Å². The average Bonchev–Trinajstić information content (AvgIpc) is 3.22.